The summed E-state index contributed by atoms with van der Waals surface area (Å²) >= 11 is 2.15. The fourth-order valence-corrected chi connectivity index (χ4v) is 3.11. The van der Waals surface area contributed by atoms with Crippen LogP contribution in [0.25, 0.3) is 0 Å². The average molecular weight is 185 g/mol. The van der Waals surface area contributed by atoms with Gasteiger partial charge in [0.05, 0.1) is 0 Å². The van der Waals surface area contributed by atoms with Crippen molar-refractivity contribution in [1.29, 1.82) is 0 Å². The molecule has 0 aromatic carbocycles. The van der Waals surface area contributed by atoms with Crippen LogP contribution in [0.15, 0.2) is 0 Å². The minimum absolute atomic E-state index is 0.564. The van der Waals surface area contributed by atoms with Crippen LogP contribution in [0.2, 0.25) is 0 Å². The van der Waals surface area contributed by atoms with Crippen LogP contribution in [0.1, 0.15) is 32.6 Å². The first kappa shape index (κ1) is 8.89. The molecule has 1 saturated carbocycles. The Hall–Kier alpha value is 0.310. The van der Waals surface area contributed by atoms with Crippen LogP contribution in [0.4, 0.5) is 0 Å². The summed E-state index contributed by atoms with van der Waals surface area (Å²) in [6.45, 7) is 4.91. The van der Waals surface area contributed by atoms with Crippen molar-refractivity contribution in [3.8, 4) is 0 Å². The standard InChI is InChI=1S/C10H19NS/c1-10(5-2-6-12-10)8-11-7-9-3-4-9/h9,11H,2-8H2,1H3. The van der Waals surface area contributed by atoms with Gasteiger partial charge in [-0.15, -0.1) is 0 Å². The molecule has 1 unspecified atom stereocenters. The Labute approximate surface area is 79.7 Å². The smallest absolute Gasteiger partial charge is 0.0256 e. The van der Waals surface area contributed by atoms with Crippen molar-refractivity contribution in [2.45, 2.75) is 37.4 Å². The number of hydrogen-bond acceptors (Lipinski definition) is 2. The maximum Gasteiger partial charge on any atom is 0.0256 e. The molecule has 0 spiro atoms. The molecule has 1 N–H and O–H groups in total. The second-order valence-corrected chi connectivity index (χ2v) is 6.16. The van der Waals surface area contributed by atoms with Gasteiger partial charge in [0.1, 0.15) is 0 Å². The van der Waals surface area contributed by atoms with Gasteiger partial charge in [-0.05, 0) is 50.8 Å². The third kappa shape index (κ3) is 2.40. The van der Waals surface area contributed by atoms with Crippen molar-refractivity contribution in [3.05, 3.63) is 0 Å². The number of rotatable bonds is 4. The first-order valence-corrected chi connectivity index (χ1v) is 6.12. The van der Waals surface area contributed by atoms with Gasteiger partial charge >= 0.3 is 0 Å². The van der Waals surface area contributed by atoms with Crippen molar-refractivity contribution < 1.29 is 0 Å². The van der Waals surface area contributed by atoms with Crippen LogP contribution in [-0.4, -0.2) is 23.6 Å². The maximum atomic E-state index is 3.61. The summed E-state index contributed by atoms with van der Waals surface area (Å²) in [5.74, 6) is 2.40. The lowest BCUT2D eigenvalue weighted by molar-refractivity contribution is 0.525. The van der Waals surface area contributed by atoms with E-state index in [1.165, 1.54) is 44.5 Å². The van der Waals surface area contributed by atoms with Crippen LogP contribution in [0.3, 0.4) is 0 Å². The van der Waals surface area contributed by atoms with Gasteiger partial charge in [0.2, 0.25) is 0 Å². The molecule has 0 radical (unpaired) electrons. The van der Waals surface area contributed by atoms with Crippen molar-refractivity contribution in [3.63, 3.8) is 0 Å². The average Bonchev–Trinajstić information content (AvgIpc) is 2.75. The van der Waals surface area contributed by atoms with E-state index in [0.717, 1.165) is 5.92 Å². The lowest BCUT2D eigenvalue weighted by Crippen LogP contribution is -2.33. The van der Waals surface area contributed by atoms with E-state index in [-0.39, 0.29) is 0 Å². The molecule has 1 atom stereocenters. The molecule has 1 aliphatic carbocycles. The molecule has 2 rings (SSSR count). The third-order valence-corrected chi connectivity index (χ3v) is 4.47. The molecule has 0 aromatic heterocycles. The Balaban J connectivity index is 1.63. The molecular formula is C10H19NS. The molecule has 2 heteroatoms. The molecule has 0 bridgehead atoms. The Morgan fingerprint density at radius 3 is 2.92 bits per heavy atom. The van der Waals surface area contributed by atoms with Crippen LogP contribution in [0, 0.1) is 5.92 Å². The lowest BCUT2D eigenvalue weighted by atomic mass is 10.1. The molecule has 1 saturated heterocycles. The quantitative estimate of drug-likeness (QED) is 0.721. The summed E-state index contributed by atoms with van der Waals surface area (Å²) in [6, 6.07) is 0. The largest absolute Gasteiger partial charge is 0.315 e. The highest BCUT2D eigenvalue weighted by atomic mass is 32.2. The number of hydrogen-bond donors (Lipinski definition) is 1. The van der Waals surface area contributed by atoms with Crippen LogP contribution >= 0.6 is 11.8 Å². The van der Waals surface area contributed by atoms with Crippen molar-refractivity contribution in [2.75, 3.05) is 18.8 Å². The fourth-order valence-electron chi connectivity index (χ4n) is 1.84. The zero-order valence-electron chi connectivity index (χ0n) is 7.94. The van der Waals surface area contributed by atoms with E-state index in [9.17, 15) is 0 Å². The molecule has 12 heavy (non-hydrogen) atoms. The second-order valence-electron chi connectivity index (χ2n) is 4.48. The van der Waals surface area contributed by atoms with E-state index in [0.29, 0.717) is 4.75 Å². The van der Waals surface area contributed by atoms with Gasteiger partial charge < -0.3 is 5.32 Å². The van der Waals surface area contributed by atoms with E-state index in [4.69, 9.17) is 0 Å². The molecule has 2 aliphatic rings. The first-order chi connectivity index (χ1) is 5.79. The fraction of sp³-hybridized carbons (Fsp3) is 1.00. The summed E-state index contributed by atoms with van der Waals surface area (Å²) in [5, 5.41) is 3.61. The summed E-state index contributed by atoms with van der Waals surface area (Å²) in [4.78, 5) is 0. The minimum atomic E-state index is 0.564. The minimum Gasteiger partial charge on any atom is -0.315 e. The Morgan fingerprint density at radius 2 is 2.33 bits per heavy atom. The molecule has 1 nitrogen and oxygen atoms in total. The molecule has 0 aromatic rings. The van der Waals surface area contributed by atoms with E-state index in [2.05, 4.69) is 24.0 Å². The lowest BCUT2D eigenvalue weighted by Gasteiger charge is -2.22. The predicted octanol–water partition coefficient (Wildman–Crippen LogP) is 2.27. The van der Waals surface area contributed by atoms with Gasteiger partial charge in [0.15, 0.2) is 0 Å². The van der Waals surface area contributed by atoms with Crippen molar-refractivity contribution >= 4 is 11.8 Å². The second kappa shape index (κ2) is 3.59. The van der Waals surface area contributed by atoms with Crippen LogP contribution in [0.5, 0.6) is 0 Å². The Kier molecular flexibility index (Phi) is 2.66. The highest BCUT2D eigenvalue weighted by Gasteiger charge is 2.29. The summed E-state index contributed by atoms with van der Waals surface area (Å²) in [6.07, 6.45) is 5.77. The SMILES string of the molecule is CC1(CNCC2CC2)CCCS1. The summed E-state index contributed by atoms with van der Waals surface area (Å²) in [7, 11) is 0. The van der Waals surface area contributed by atoms with E-state index >= 15 is 0 Å². The maximum absolute atomic E-state index is 3.61. The zero-order valence-corrected chi connectivity index (χ0v) is 8.75. The van der Waals surface area contributed by atoms with Crippen LogP contribution in [-0.2, 0) is 0 Å². The summed E-state index contributed by atoms with van der Waals surface area (Å²) < 4.78 is 0.564. The molecule has 1 heterocycles. The van der Waals surface area contributed by atoms with Gasteiger partial charge in [0.25, 0.3) is 0 Å². The zero-order chi connectivity index (χ0) is 8.44. The van der Waals surface area contributed by atoms with Crippen molar-refractivity contribution in [1.82, 2.24) is 5.32 Å². The van der Waals surface area contributed by atoms with E-state index < -0.39 is 0 Å². The predicted molar refractivity (Wildman–Crippen MR) is 55.7 cm³/mol. The van der Waals surface area contributed by atoms with E-state index in [1.54, 1.807) is 0 Å². The molecule has 0 amide bonds. The topological polar surface area (TPSA) is 12.0 Å². The number of thioether (sulfide) groups is 1. The van der Waals surface area contributed by atoms with Gasteiger partial charge in [0, 0.05) is 11.3 Å². The molecule has 70 valence electrons. The number of nitrogens with one attached hydrogen (secondary N) is 1. The molecule has 2 fully saturated rings. The summed E-state index contributed by atoms with van der Waals surface area (Å²) in [5.41, 5.74) is 0. The normalized spacial score (nSPS) is 35.8. The van der Waals surface area contributed by atoms with E-state index in [1.807, 2.05) is 0 Å². The van der Waals surface area contributed by atoms with Gasteiger partial charge in [-0.2, -0.15) is 11.8 Å². The van der Waals surface area contributed by atoms with Gasteiger partial charge in [-0.1, -0.05) is 0 Å². The van der Waals surface area contributed by atoms with Crippen LogP contribution < -0.4 is 5.32 Å². The first-order valence-electron chi connectivity index (χ1n) is 5.13. The highest BCUT2D eigenvalue weighted by Crippen LogP contribution is 2.37. The highest BCUT2D eigenvalue weighted by molar-refractivity contribution is 8.00. The Morgan fingerprint density at radius 1 is 1.50 bits per heavy atom. The van der Waals surface area contributed by atoms with Gasteiger partial charge in [-0.25, -0.2) is 0 Å². The third-order valence-electron chi connectivity index (χ3n) is 2.93. The van der Waals surface area contributed by atoms with Crippen molar-refractivity contribution in [2.24, 2.45) is 5.92 Å². The monoisotopic (exact) mass is 185 g/mol. The Bertz CT molecular complexity index is 148. The molecule has 1 aliphatic heterocycles. The molecular weight excluding hydrogens is 166 g/mol. The van der Waals surface area contributed by atoms with Gasteiger partial charge in [-0.3, -0.25) is 0 Å².